The Bertz CT molecular complexity index is 751. The van der Waals surface area contributed by atoms with Crippen LogP contribution in [-0.2, 0) is 0 Å². The summed E-state index contributed by atoms with van der Waals surface area (Å²) in [6.45, 7) is 0. The Hall–Kier alpha value is -1.36. The summed E-state index contributed by atoms with van der Waals surface area (Å²) >= 11 is 5.04. The van der Waals surface area contributed by atoms with E-state index in [9.17, 15) is 5.11 Å². The standard InChI is InChI=1S/C16H13BrO2S/c1-19-13-5-4-10-6-12(3-2-11(10)7-13)16(18)14-8-20-9-15(14)17/h2-9,16,18H,1H3. The number of aliphatic hydroxyl groups excluding tert-OH is 1. The topological polar surface area (TPSA) is 29.5 Å². The number of methoxy groups -OCH3 is 1. The molecule has 4 heteroatoms. The number of hydrogen-bond acceptors (Lipinski definition) is 3. The van der Waals surface area contributed by atoms with Gasteiger partial charge in [0.1, 0.15) is 11.9 Å². The van der Waals surface area contributed by atoms with Gasteiger partial charge in [0.05, 0.1) is 7.11 Å². The van der Waals surface area contributed by atoms with Crippen LogP contribution in [0.4, 0.5) is 0 Å². The average Bonchev–Trinajstić information content (AvgIpc) is 2.91. The number of fused-ring (bicyclic) bond motifs is 1. The average molecular weight is 349 g/mol. The summed E-state index contributed by atoms with van der Waals surface area (Å²) in [7, 11) is 1.66. The normalized spacial score (nSPS) is 12.6. The number of rotatable bonds is 3. The smallest absolute Gasteiger partial charge is 0.119 e. The van der Waals surface area contributed by atoms with Crippen LogP contribution in [0.5, 0.6) is 5.75 Å². The SMILES string of the molecule is COc1ccc2cc(C(O)c3cscc3Br)ccc2c1. The summed E-state index contributed by atoms with van der Waals surface area (Å²) in [6, 6.07) is 11.9. The van der Waals surface area contributed by atoms with Gasteiger partial charge in [-0.3, -0.25) is 0 Å². The van der Waals surface area contributed by atoms with E-state index >= 15 is 0 Å². The maximum absolute atomic E-state index is 10.5. The van der Waals surface area contributed by atoms with E-state index in [2.05, 4.69) is 15.9 Å². The van der Waals surface area contributed by atoms with E-state index in [1.165, 1.54) is 0 Å². The molecule has 2 nitrogen and oxygen atoms in total. The van der Waals surface area contributed by atoms with E-state index < -0.39 is 6.10 Å². The number of benzene rings is 2. The second kappa shape index (κ2) is 5.56. The maximum Gasteiger partial charge on any atom is 0.119 e. The molecule has 3 rings (SSSR count). The van der Waals surface area contributed by atoms with Crippen molar-refractivity contribution in [3.63, 3.8) is 0 Å². The fourth-order valence-corrected chi connectivity index (χ4v) is 3.74. The van der Waals surface area contributed by atoms with Crippen molar-refractivity contribution in [2.75, 3.05) is 7.11 Å². The molecule has 1 N–H and O–H groups in total. The zero-order valence-electron chi connectivity index (χ0n) is 10.8. The number of halogens is 1. The molecule has 0 radical (unpaired) electrons. The van der Waals surface area contributed by atoms with Gasteiger partial charge in [-0.1, -0.05) is 18.2 Å². The molecule has 0 amide bonds. The van der Waals surface area contributed by atoms with Crippen molar-refractivity contribution in [3.8, 4) is 5.75 Å². The van der Waals surface area contributed by atoms with Crippen LogP contribution in [0, 0.1) is 0 Å². The summed E-state index contributed by atoms with van der Waals surface area (Å²) < 4.78 is 6.17. The van der Waals surface area contributed by atoms with Crippen molar-refractivity contribution in [3.05, 3.63) is 62.8 Å². The van der Waals surface area contributed by atoms with E-state index in [1.807, 2.05) is 47.2 Å². The molecule has 20 heavy (non-hydrogen) atoms. The van der Waals surface area contributed by atoms with E-state index in [1.54, 1.807) is 18.4 Å². The van der Waals surface area contributed by atoms with Gasteiger partial charge in [0.15, 0.2) is 0 Å². The molecule has 0 aliphatic heterocycles. The molecule has 1 unspecified atom stereocenters. The van der Waals surface area contributed by atoms with Gasteiger partial charge in [-0.05, 0) is 55.8 Å². The van der Waals surface area contributed by atoms with Crippen LogP contribution in [0.15, 0.2) is 51.6 Å². The molecular formula is C16H13BrO2S. The Morgan fingerprint density at radius 3 is 2.55 bits per heavy atom. The quantitative estimate of drug-likeness (QED) is 0.739. The van der Waals surface area contributed by atoms with Gasteiger partial charge in [0.2, 0.25) is 0 Å². The molecule has 1 heterocycles. The largest absolute Gasteiger partial charge is 0.497 e. The summed E-state index contributed by atoms with van der Waals surface area (Å²) in [5, 5.41) is 16.6. The number of hydrogen-bond donors (Lipinski definition) is 1. The molecule has 1 atom stereocenters. The van der Waals surface area contributed by atoms with E-state index in [0.29, 0.717) is 0 Å². The van der Waals surface area contributed by atoms with Crippen LogP contribution in [0.25, 0.3) is 10.8 Å². The molecule has 1 aromatic heterocycles. The minimum Gasteiger partial charge on any atom is -0.497 e. The van der Waals surface area contributed by atoms with E-state index in [-0.39, 0.29) is 0 Å². The molecule has 102 valence electrons. The highest BCUT2D eigenvalue weighted by Gasteiger charge is 2.14. The van der Waals surface area contributed by atoms with Gasteiger partial charge in [0, 0.05) is 15.4 Å². The first-order valence-corrected chi connectivity index (χ1v) is 7.90. The minimum absolute atomic E-state index is 0.609. The third-order valence-electron chi connectivity index (χ3n) is 3.32. The molecule has 0 bridgehead atoms. The van der Waals surface area contributed by atoms with Crippen molar-refractivity contribution in [1.82, 2.24) is 0 Å². The fraction of sp³-hybridized carbons (Fsp3) is 0.125. The lowest BCUT2D eigenvalue weighted by atomic mass is 10.0. The number of aliphatic hydroxyl groups is 1. The number of ether oxygens (including phenoxy) is 1. The Morgan fingerprint density at radius 1 is 1.10 bits per heavy atom. The number of thiophene rings is 1. The van der Waals surface area contributed by atoms with Gasteiger partial charge in [-0.25, -0.2) is 0 Å². The monoisotopic (exact) mass is 348 g/mol. The van der Waals surface area contributed by atoms with Gasteiger partial charge in [-0.2, -0.15) is 11.3 Å². The predicted molar refractivity (Wildman–Crippen MR) is 86.6 cm³/mol. The van der Waals surface area contributed by atoms with Crippen LogP contribution >= 0.6 is 27.3 Å². The lowest BCUT2D eigenvalue weighted by Crippen LogP contribution is -1.98. The first-order chi connectivity index (χ1) is 9.69. The van der Waals surface area contributed by atoms with Crippen LogP contribution < -0.4 is 4.74 Å². The summed E-state index contributed by atoms with van der Waals surface area (Å²) in [5.74, 6) is 0.839. The Balaban J connectivity index is 2.03. The van der Waals surface area contributed by atoms with Gasteiger partial charge in [0.25, 0.3) is 0 Å². The Kier molecular flexibility index (Phi) is 3.78. The molecule has 0 fully saturated rings. The minimum atomic E-state index is -0.609. The third kappa shape index (κ3) is 2.46. The zero-order chi connectivity index (χ0) is 14.1. The fourth-order valence-electron chi connectivity index (χ4n) is 2.21. The second-order valence-corrected chi connectivity index (χ2v) is 6.15. The van der Waals surface area contributed by atoms with Gasteiger partial charge in [-0.15, -0.1) is 0 Å². The van der Waals surface area contributed by atoms with Crippen LogP contribution in [0.2, 0.25) is 0 Å². The highest BCUT2D eigenvalue weighted by Crippen LogP contribution is 2.33. The molecule has 0 aliphatic carbocycles. The van der Waals surface area contributed by atoms with Crippen LogP contribution in [0.3, 0.4) is 0 Å². The third-order valence-corrected chi connectivity index (χ3v) is 5.08. The Labute approximate surface area is 129 Å². The summed E-state index contributed by atoms with van der Waals surface area (Å²) in [4.78, 5) is 0. The van der Waals surface area contributed by atoms with E-state index in [0.717, 1.165) is 32.1 Å². The van der Waals surface area contributed by atoms with Gasteiger partial charge < -0.3 is 9.84 Å². The molecule has 3 aromatic rings. The van der Waals surface area contributed by atoms with E-state index in [4.69, 9.17) is 4.74 Å². The first kappa shape index (κ1) is 13.6. The van der Waals surface area contributed by atoms with Crippen LogP contribution in [-0.4, -0.2) is 12.2 Å². The van der Waals surface area contributed by atoms with Crippen molar-refractivity contribution in [1.29, 1.82) is 0 Å². The van der Waals surface area contributed by atoms with Crippen molar-refractivity contribution in [2.45, 2.75) is 6.10 Å². The lowest BCUT2D eigenvalue weighted by molar-refractivity contribution is 0.220. The molecular weight excluding hydrogens is 336 g/mol. The molecule has 0 aliphatic rings. The molecule has 0 spiro atoms. The lowest BCUT2D eigenvalue weighted by Gasteiger charge is -2.12. The zero-order valence-corrected chi connectivity index (χ0v) is 13.2. The predicted octanol–water partition coefficient (Wildman–Crippen LogP) is 4.75. The second-order valence-electron chi connectivity index (χ2n) is 4.55. The first-order valence-electron chi connectivity index (χ1n) is 6.16. The molecule has 0 saturated carbocycles. The summed E-state index contributed by atoms with van der Waals surface area (Å²) in [6.07, 6.45) is -0.609. The molecule has 2 aromatic carbocycles. The van der Waals surface area contributed by atoms with Crippen molar-refractivity contribution < 1.29 is 9.84 Å². The van der Waals surface area contributed by atoms with Crippen molar-refractivity contribution >= 4 is 38.0 Å². The highest BCUT2D eigenvalue weighted by molar-refractivity contribution is 9.10. The van der Waals surface area contributed by atoms with Gasteiger partial charge >= 0.3 is 0 Å². The van der Waals surface area contributed by atoms with Crippen molar-refractivity contribution in [2.24, 2.45) is 0 Å². The summed E-state index contributed by atoms with van der Waals surface area (Å²) in [5.41, 5.74) is 1.80. The molecule has 0 saturated heterocycles. The highest BCUT2D eigenvalue weighted by atomic mass is 79.9. The Morgan fingerprint density at radius 2 is 1.85 bits per heavy atom. The van der Waals surface area contributed by atoms with Crippen LogP contribution in [0.1, 0.15) is 17.2 Å². The maximum atomic E-state index is 10.5.